The molecule has 3 atom stereocenters. The molecule has 318 valence electrons. The van der Waals surface area contributed by atoms with Gasteiger partial charge in [-0.3, -0.25) is 4.79 Å². The number of carbonyl (C=O) groups excluding carboxylic acids is 1. The van der Waals surface area contributed by atoms with Crippen molar-refractivity contribution < 1.29 is 20.1 Å². The molecule has 3 unspecified atom stereocenters. The van der Waals surface area contributed by atoms with E-state index in [0.717, 1.165) is 38.5 Å². The Morgan fingerprint density at radius 2 is 0.796 bits per heavy atom. The van der Waals surface area contributed by atoms with E-state index in [9.17, 15) is 20.1 Å². The van der Waals surface area contributed by atoms with Crippen LogP contribution in [-0.2, 0) is 4.79 Å². The first kappa shape index (κ1) is 52.6. The molecule has 0 aromatic rings. The standard InChI is InChI=1S/C49H93NO4/c1-3-5-7-9-11-13-15-17-19-21-23-24-25-26-28-30-32-34-36-38-40-42-46(52)44-49(54)50-47(45-51)48(53)43-41-39-37-35-33-31-29-27-22-20-18-16-14-12-10-8-6-4-2/h22,27,33,35,41,43,46-48,51-53H,3-21,23-26,28-32,34,36-40,42,44-45H2,1-2H3,(H,50,54)/b27-22+,35-33+,43-41+. The number of amides is 1. The van der Waals surface area contributed by atoms with Gasteiger partial charge in [-0.1, -0.05) is 230 Å². The predicted molar refractivity (Wildman–Crippen MR) is 236 cm³/mol. The van der Waals surface area contributed by atoms with Gasteiger partial charge in [0.25, 0.3) is 0 Å². The highest BCUT2D eigenvalue weighted by atomic mass is 16.3. The average molecular weight is 760 g/mol. The maximum absolute atomic E-state index is 12.5. The fourth-order valence-corrected chi connectivity index (χ4v) is 7.25. The number of aliphatic hydroxyl groups is 3. The summed E-state index contributed by atoms with van der Waals surface area (Å²) >= 11 is 0. The normalized spacial score (nSPS) is 13.8. The molecule has 0 aliphatic heterocycles. The van der Waals surface area contributed by atoms with Crippen molar-refractivity contribution in [1.82, 2.24) is 5.32 Å². The Morgan fingerprint density at radius 1 is 0.463 bits per heavy atom. The molecular formula is C49H93NO4. The van der Waals surface area contributed by atoms with Crippen molar-refractivity contribution in [2.45, 2.75) is 263 Å². The molecule has 0 radical (unpaired) electrons. The summed E-state index contributed by atoms with van der Waals surface area (Å²) < 4.78 is 0. The third-order valence-electron chi connectivity index (χ3n) is 10.9. The van der Waals surface area contributed by atoms with Gasteiger partial charge in [0.05, 0.1) is 31.3 Å². The first-order valence-electron chi connectivity index (χ1n) is 23.8. The van der Waals surface area contributed by atoms with Gasteiger partial charge < -0.3 is 20.6 Å². The lowest BCUT2D eigenvalue weighted by Crippen LogP contribution is -2.45. The van der Waals surface area contributed by atoms with Gasteiger partial charge in [0.1, 0.15) is 0 Å². The van der Waals surface area contributed by atoms with Gasteiger partial charge >= 0.3 is 0 Å². The molecule has 5 heteroatoms. The average Bonchev–Trinajstić information content (AvgIpc) is 3.16. The summed E-state index contributed by atoms with van der Waals surface area (Å²) in [5.41, 5.74) is 0. The van der Waals surface area contributed by atoms with Gasteiger partial charge in [0.15, 0.2) is 0 Å². The van der Waals surface area contributed by atoms with Crippen LogP contribution < -0.4 is 5.32 Å². The monoisotopic (exact) mass is 760 g/mol. The van der Waals surface area contributed by atoms with E-state index < -0.39 is 18.2 Å². The van der Waals surface area contributed by atoms with E-state index in [1.165, 1.54) is 180 Å². The molecule has 0 saturated carbocycles. The Hall–Kier alpha value is -1.43. The fourth-order valence-electron chi connectivity index (χ4n) is 7.25. The van der Waals surface area contributed by atoms with Crippen LogP contribution in [-0.4, -0.2) is 46.1 Å². The molecule has 0 fully saturated rings. The van der Waals surface area contributed by atoms with Gasteiger partial charge in [-0.05, 0) is 44.9 Å². The predicted octanol–water partition coefficient (Wildman–Crippen LogP) is 13.9. The topological polar surface area (TPSA) is 89.8 Å². The smallest absolute Gasteiger partial charge is 0.222 e. The molecule has 54 heavy (non-hydrogen) atoms. The lowest BCUT2D eigenvalue weighted by atomic mass is 10.0. The van der Waals surface area contributed by atoms with Gasteiger partial charge in [-0.25, -0.2) is 0 Å². The Bertz CT molecular complexity index is 840. The summed E-state index contributed by atoms with van der Waals surface area (Å²) in [6.07, 6.45) is 55.8. The highest BCUT2D eigenvalue weighted by Crippen LogP contribution is 2.16. The molecule has 0 aliphatic rings. The number of unbranched alkanes of at least 4 members (excludes halogenated alkanes) is 30. The molecule has 4 N–H and O–H groups in total. The second-order valence-electron chi connectivity index (χ2n) is 16.4. The Kier molecular flexibility index (Phi) is 43.1. The summed E-state index contributed by atoms with van der Waals surface area (Å²) in [6.45, 7) is 4.21. The minimum Gasteiger partial charge on any atom is -0.394 e. The summed E-state index contributed by atoms with van der Waals surface area (Å²) in [4.78, 5) is 12.5. The minimum absolute atomic E-state index is 0.00526. The van der Waals surface area contributed by atoms with Crippen LogP contribution in [0.4, 0.5) is 0 Å². The van der Waals surface area contributed by atoms with E-state index in [2.05, 4.69) is 43.5 Å². The van der Waals surface area contributed by atoms with Crippen LogP contribution in [0.1, 0.15) is 245 Å². The highest BCUT2D eigenvalue weighted by Gasteiger charge is 2.20. The SMILES string of the molecule is CCCCCCCCCC/C=C/CC/C=C/CC/C=C/C(O)C(CO)NC(=O)CC(O)CCCCCCCCCCCCCCCCCCCCCCC. The first-order valence-corrected chi connectivity index (χ1v) is 23.8. The minimum atomic E-state index is -0.958. The quantitative estimate of drug-likeness (QED) is 0.0368. The summed E-state index contributed by atoms with van der Waals surface area (Å²) in [6, 6.07) is -0.765. The summed E-state index contributed by atoms with van der Waals surface area (Å²) in [7, 11) is 0. The van der Waals surface area contributed by atoms with E-state index in [4.69, 9.17) is 0 Å². The lowest BCUT2D eigenvalue weighted by Gasteiger charge is -2.21. The van der Waals surface area contributed by atoms with Crippen molar-refractivity contribution in [3.8, 4) is 0 Å². The van der Waals surface area contributed by atoms with E-state index in [0.29, 0.717) is 6.42 Å². The van der Waals surface area contributed by atoms with Crippen molar-refractivity contribution in [3.05, 3.63) is 36.5 Å². The zero-order chi connectivity index (χ0) is 39.4. The third kappa shape index (κ3) is 40.2. The van der Waals surface area contributed by atoms with Crippen LogP contribution in [0, 0.1) is 0 Å². The molecule has 1 amide bonds. The Labute approximate surface area is 336 Å². The fraction of sp³-hybridized carbons (Fsp3) is 0.857. The van der Waals surface area contributed by atoms with Crippen LogP contribution in [0.15, 0.2) is 36.5 Å². The van der Waals surface area contributed by atoms with Crippen molar-refractivity contribution >= 4 is 5.91 Å². The second kappa shape index (κ2) is 44.3. The molecule has 5 nitrogen and oxygen atoms in total. The van der Waals surface area contributed by atoms with Crippen LogP contribution >= 0.6 is 0 Å². The molecule has 0 spiro atoms. The zero-order valence-corrected chi connectivity index (χ0v) is 36.1. The number of allylic oxidation sites excluding steroid dienone is 5. The Balaban J connectivity index is 3.67. The summed E-state index contributed by atoms with van der Waals surface area (Å²) in [5.74, 6) is -0.327. The van der Waals surface area contributed by atoms with E-state index in [1.54, 1.807) is 6.08 Å². The summed E-state index contributed by atoms with van der Waals surface area (Å²) in [5, 5.41) is 33.3. The molecule has 0 aliphatic carbocycles. The van der Waals surface area contributed by atoms with Crippen molar-refractivity contribution in [2.24, 2.45) is 0 Å². The van der Waals surface area contributed by atoms with Crippen LogP contribution in [0.3, 0.4) is 0 Å². The van der Waals surface area contributed by atoms with E-state index in [1.807, 2.05) is 6.08 Å². The molecule has 0 bridgehead atoms. The lowest BCUT2D eigenvalue weighted by molar-refractivity contribution is -0.124. The Morgan fingerprint density at radius 3 is 1.19 bits per heavy atom. The maximum Gasteiger partial charge on any atom is 0.222 e. The van der Waals surface area contributed by atoms with Crippen LogP contribution in [0.5, 0.6) is 0 Å². The maximum atomic E-state index is 12.5. The molecular weight excluding hydrogens is 667 g/mol. The van der Waals surface area contributed by atoms with E-state index in [-0.39, 0.29) is 18.9 Å². The molecule has 0 aromatic carbocycles. The number of hydrogen-bond acceptors (Lipinski definition) is 4. The van der Waals surface area contributed by atoms with Gasteiger partial charge in [0, 0.05) is 0 Å². The van der Waals surface area contributed by atoms with E-state index >= 15 is 0 Å². The molecule has 0 aromatic heterocycles. The first-order chi connectivity index (χ1) is 26.5. The second-order valence-corrected chi connectivity index (χ2v) is 16.4. The highest BCUT2D eigenvalue weighted by molar-refractivity contribution is 5.76. The molecule has 0 heterocycles. The number of rotatable bonds is 43. The van der Waals surface area contributed by atoms with Gasteiger partial charge in [0.2, 0.25) is 5.91 Å². The van der Waals surface area contributed by atoms with Crippen molar-refractivity contribution in [3.63, 3.8) is 0 Å². The number of aliphatic hydroxyl groups excluding tert-OH is 3. The number of carbonyl (C=O) groups is 1. The number of hydrogen-bond donors (Lipinski definition) is 4. The molecule has 0 saturated heterocycles. The number of nitrogens with one attached hydrogen (secondary N) is 1. The van der Waals surface area contributed by atoms with Crippen molar-refractivity contribution in [1.29, 1.82) is 0 Å². The van der Waals surface area contributed by atoms with Crippen LogP contribution in [0.2, 0.25) is 0 Å². The largest absolute Gasteiger partial charge is 0.394 e. The third-order valence-corrected chi connectivity index (χ3v) is 10.9. The van der Waals surface area contributed by atoms with Crippen LogP contribution in [0.25, 0.3) is 0 Å². The van der Waals surface area contributed by atoms with Crippen molar-refractivity contribution in [2.75, 3.05) is 6.61 Å². The zero-order valence-electron chi connectivity index (χ0n) is 36.1. The van der Waals surface area contributed by atoms with Gasteiger partial charge in [-0.15, -0.1) is 0 Å². The molecule has 0 rings (SSSR count). The van der Waals surface area contributed by atoms with Gasteiger partial charge in [-0.2, -0.15) is 0 Å².